The minimum atomic E-state index is -0.516. The van der Waals surface area contributed by atoms with Crippen molar-refractivity contribution in [3.05, 3.63) is 23.0 Å². The Morgan fingerprint density at radius 1 is 1.44 bits per heavy atom. The van der Waals surface area contributed by atoms with Crippen molar-refractivity contribution in [3.8, 4) is 0 Å². The third-order valence-corrected chi connectivity index (χ3v) is 6.39. The second kappa shape index (κ2) is 6.32. The van der Waals surface area contributed by atoms with Crippen LogP contribution in [0.2, 0.25) is 0 Å². The lowest BCUT2D eigenvalue weighted by atomic mass is 9.65. The molecule has 25 heavy (non-hydrogen) atoms. The third-order valence-electron chi connectivity index (χ3n) is 6.39. The Bertz CT molecular complexity index is 672. The fourth-order valence-electron chi connectivity index (χ4n) is 4.41. The number of hydrogen-bond acceptors (Lipinski definition) is 3. The van der Waals surface area contributed by atoms with Crippen molar-refractivity contribution >= 4 is 5.96 Å². The van der Waals surface area contributed by atoms with Crippen molar-refractivity contribution in [2.24, 2.45) is 4.99 Å². The van der Waals surface area contributed by atoms with E-state index in [9.17, 15) is 5.11 Å². The molecule has 0 radical (unpaired) electrons. The highest BCUT2D eigenvalue weighted by Crippen LogP contribution is 2.47. The molecule has 2 fully saturated rings. The molecule has 0 bridgehead atoms. The molecule has 2 N–H and O–H groups in total. The first kappa shape index (κ1) is 16.9. The summed E-state index contributed by atoms with van der Waals surface area (Å²) in [4.78, 5) is 6.99. The molecule has 1 aliphatic carbocycles. The molecule has 1 saturated carbocycles. The molecule has 1 aromatic heterocycles. The summed E-state index contributed by atoms with van der Waals surface area (Å²) < 4.78 is 7.61. The minimum absolute atomic E-state index is 0.0933. The minimum Gasteiger partial charge on any atom is -0.388 e. The second-order valence-electron chi connectivity index (χ2n) is 7.90. The van der Waals surface area contributed by atoms with Gasteiger partial charge in [0.05, 0.1) is 31.0 Å². The Hall–Kier alpha value is -1.53. The highest BCUT2D eigenvalue weighted by Gasteiger charge is 2.41. The van der Waals surface area contributed by atoms with E-state index < -0.39 is 6.10 Å². The molecule has 6 nitrogen and oxygen atoms in total. The van der Waals surface area contributed by atoms with Crippen molar-refractivity contribution in [2.45, 2.75) is 70.1 Å². The Balaban J connectivity index is 1.67. The van der Waals surface area contributed by atoms with Crippen LogP contribution in [0.25, 0.3) is 0 Å². The van der Waals surface area contributed by atoms with Crippen molar-refractivity contribution in [1.29, 1.82) is 0 Å². The molecule has 2 atom stereocenters. The predicted molar refractivity (Wildman–Crippen MR) is 98.5 cm³/mol. The number of aromatic nitrogens is 1. The first-order valence-corrected chi connectivity index (χ1v) is 9.57. The van der Waals surface area contributed by atoms with Gasteiger partial charge in [0.25, 0.3) is 0 Å². The lowest BCUT2D eigenvalue weighted by Gasteiger charge is -2.43. The monoisotopic (exact) mass is 346 g/mol. The number of fused-ring (bicyclic) bond motifs is 1. The molecule has 0 spiro atoms. The fraction of sp³-hybridized carbons (Fsp3) is 0.737. The molecule has 0 unspecified atom stereocenters. The Morgan fingerprint density at radius 2 is 2.24 bits per heavy atom. The average Bonchev–Trinajstić information content (AvgIpc) is 2.86. The zero-order valence-corrected chi connectivity index (χ0v) is 15.6. The Kier molecular flexibility index (Phi) is 4.28. The van der Waals surface area contributed by atoms with Gasteiger partial charge in [0, 0.05) is 24.8 Å². The molecular formula is C19H30N4O2. The smallest absolute Gasteiger partial charge is 0.213 e. The zero-order valence-electron chi connectivity index (χ0n) is 15.6. The molecule has 0 aromatic carbocycles. The highest BCUT2D eigenvalue weighted by atomic mass is 16.5. The molecule has 3 aliphatic rings. The molecular weight excluding hydrogens is 316 g/mol. The van der Waals surface area contributed by atoms with Gasteiger partial charge in [-0.2, -0.15) is 0 Å². The van der Waals surface area contributed by atoms with E-state index in [-0.39, 0.29) is 6.04 Å². The van der Waals surface area contributed by atoms with Crippen molar-refractivity contribution in [2.75, 3.05) is 25.7 Å². The van der Waals surface area contributed by atoms with Crippen LogP contribution in [0.15, 0.2) is 11.1 Å². The molecule has 4 rings (SSSR count). The van der Waals surface area contributed by atoms with E-state index >= 15 is 0 Å². The van der Waals surface area contributed by atoms with E-state index in [1.54, 1.807) is 0 Å². The second-order valence-corrected chi connectivity index (χ2v) is 7.90. The van der Waals surface area contributed by atoms with Gasteiger partial charge < -0.3 is 14.7 Å². The van der Waals surface area contributed by atoms with E-state index in [0.717, 1.165) is 18.9 Å². The quantitative estimate of drug-likeness (QED) is 0.880. The first-order valence-electron chi connectivity index (χ1n) is 9.57. The molecule has 1 saturated heterocycles. The van der Waals surface area contributed by atoms with Crippen molar-refractivity contribution in [3.63, 3.8) is 0 Å². The van der Waals surface area contributed by atoms with Crippen LogP contribution in [-0.2, 0) is 16.7 Å². The van der Waals surface area contributed by atoms with Gasteiger partial charge in [-0.15, -0.1) is 0 Å². The van der Waals surface area contributed by atoms with Gasteiger partial charge in [0.15, 0.2) is 0 Å². The summed E-state index contributed by atoms with van der Waals surface area (Å²) in [5.74, 6) is 0.848. The number of nitrogens with one attached hydrogen (secondary N) is 1. The standard InChI is InChI=1S/C19H30N4O2/c1-4-19(7-5-8-19)17-10-13(2)15-11-22(3)18(21-23(15)17)20-14-6-9-25-12-16(14)24/h10,14,16,24H,4-9,11-12H2,1-3H3,(H,20,21)/t14-,16-/m1/s1. The molecule has 1 aromatic rings. The van der Waals surface area contributed by atoms with Crippen LogP contribution in [0.4, 0.5) is 0 Å². The van der Waals surface area contributed by atoms with Gasteiger partial charge >= 0.3 is 0 Å². The van der Waals surface area contributed by atoms with E-state index in [1.807, 2.05) is 0 Å². The van der Waals surface area contributed by atoms with Gasteiger partial charge in [-0.05, 0) is 44.2 Å². The van der Waals surface area contributed by atoms with Gasteiger partial charge in [-0.3, -0.25) is 10.1 Å². The summed E-state index contributed by atoms with van der Waals surface area (Å²) in [6.45, 7) is 6.40. The number of aryl methyl sites for hydroxylation is 1. The maximum Gasteiger partial charge on any atom is 0.213 e. The highest BCUT2D eigenvalue weighted by molar-refractivity contribution is 5.88. The maximum atomic E-state index is 10.2. The topological polar surface area (TPSA) is 62.0 Å². The predicted octanol–water partition coefficient (Wildman–Crippen LogP) is 2.12. The van der Waals surface area contributed by atoms with Crippen LogP contribution in [0.5, 0.6) is 0 Å². The number of hydrogen-bond donors (Lipinski definition) is 2. The van der Waals surface area contributed by atoms with Crippen LogP contribution in [-0.4, -0.2) is 53.0 Å². The SMILES string of the molecule is CCC1(c2cc(C)c3n2NC(=N[C@@H]2CCOC[C@H]2O)N(C)C3)CCC1. The Morgan fingerprint density at radius 3 is 2.88 bits per heavy atom. The van der Waals surface area contributed by atoms with Crippen LogP contribution in [0.1, 0.15) is 56.0 Å². The van der Waals surface area contributed by atoms with E-state index in [1.165, 1.54) is 42.6 Å². The Labute approximate surface area is 149 Å². The number of ether oxygens (including phenoxy) is 1. The van der Waals surface area contributed by atoms with Gasteiger partial charge in [0.2, 0.25) is 5.96 Å². The van der Waals surface area contributed by atoms with E-state index in [0.29, 0.717) is 18.6 Å². The lowest BCUT2D eigenvalue weighted by Crippen LogP contribution is -2.48. The van der Waals surface area contributed by atoms with E-state index in [4.69, 9.17) is 9.73 Å². The lowest BCUT2D eigenvalue weighted by molar-refractivity contribution is -0.0179. The number of guanidine groups is 1. The number of aliphatic hydroxyl groups excluding tert-OH is 1. The third kappa shape index (κ3) is 2.75. The summed E-state index contributed by atoms with van der Waals surface area (Å²) in [7, 11) is 2.06. The van der Waals surface area contributed by atoms with Gasteiger partial charge in [0.1, 0.15) is 0 Å². The molecule has 3 heterocycles. The largest absolute Gasteiger partial charge is 0.388 e. The summed E-state index contributed by atoms with van der Waals surface area (Å²) >= 11 is 0. The van der Waals surface area contributed by atoms with Gasteiger partial charge in [-0.25, -0.2) is 4.99 Å². The van der Waals surface area contributed by atoms with Gasteiger partial charge in [-0.1, -0.05) is 13.3 Å². The van der Waals surface area contributed by atoms with Crippen molar-refractivity contribution in [1.82, 2.24) is 9.58 Å². The molecule has 6 heteroatoms. The first-order chi connectivity index (χ1) is 12.0. The summed E-state index contributed by atoms with van der Waals surface area (Å²) in [6.07, 6.45) is 5.30. The van der Waals surface area contributed by atoms with Crippen LogP contribution < -0.4 is 5.43 Å². The summed E-state index contributed by atoms with van der Waals surface area (Å²) in [5.41, 5.74) is 7.94. The van der Waals surface area contributed by atoms with Crippen molar-refractivity contribution < 1.29 is 9.84 Å². The van der Waals surface area contributed by atoms with E-state index in [2.05, 4.69) is 42.0 Å². The van der Waals surface area contributed by atoms with Crippen LogP contribution in [0.3, 0.4) is 0 Å². The average molecular weight is 346 g/mol. The van der Waals surface area contributed by atoms with Crippen LogP contribution >= 0.6 is 0 Å². The fourth-order valence-corrected chi connectivity index (χ4v) is 4.41. The normalized spacial score (nSPS) is 29.9. The summed E-state index contributed by atoms with van der Waals surface area (Å²) in [5, 5.41) is 10.2. The number of aliphatic hydroxyl groups is 1. The number of aliphatic imine (C=N–C) groups is 1. The molecule has 2 aliphatic heterocycles. The molecule has 138 valence electrons. The number of rotatable bonds is 3. The summed E-state index contributed by atoms with van der Waals surface area (Å²) in [6, 6.07) is 2.27. The number of nitrogens with zero attached hydrogens (tertiary/aromatic N) is 3. The van der Waals surface area contributed by atoms with Crippen LogP contribution in [0, 0.1) is 6.92 Å². The molecule has 0 amide bonds. The zero-order chi connectivity index (χ0) is 17.6. The maximum absolute atomic E-state index is 10.2.